The smallest absolute Gasteiger partial charge is 0.247 e. The van der Waals surface area contributed by atoms with Gasteiger partial charge in [-0.05, 0) is 68.2 Å². The minimum Gasteiger partial charge on any atom is -0.332 e. The van der Waals surface area contributed by atoms with Crippen LogP contribution in [0.15, 0.2) is 53.4 Å². The van der Waals surface area contributed by atoms with Crippen molar-refractivity contribution < 1.29 is 13.2 Å². The Hall–Kier alpha value is -1.86. The molecule has 0 aromatic heterocycles. The Morgan fingerprint density at radius 2 is 1.80 bits per heavy atom. The summed E-state index contributed by atoms with van der Waals surface area (Å²) in [4.78, 5) is 14.7. The maximum absolute atomic E-state index is 12.7. The summed E-state index contributed by atoms with van der Waals surface area (Å²) < 4.78 is 27.1. The molecule has 8 heteroatoms. The van der Waals surface area contributed by atoms with E-state index in [9.17, 15) is 13.2 Å². The standard InChI is InChI=1S/C22H24Cl2N2O3S/c1-15(2)26(14-17-5-11-20(23)21(24)13-17)22(27)12-6-16-3-9-19(10-4-16)30(28,29)25-18-7-8-18/h3-6,9-13,15,18,25H,7-8,14H2,1-2H3. The highest BCUT2D eigenvalue weighted by atomic mass is 35.5. The first-order chi connectivity index (χ1) is 14.2. The monoisotopic (exact) mass is 466 g/mol. The second kappa shape index (κ2) is 9.52. The van der Waals surface area contributed by atoms with Crippen LogP contribution in [0, 0.1) is 0 Å². The molecule has 0 atom stereocenters. The van der Waals surface area contributed by atoms with Gasteiger partial charge in [-0.15, -0.1) is 0 Å². The molecule has 3 rings (SSSR count). The molecular weight excluding hydrogens is 443 g/mol. The highest BCUT2D eigenvalue weighted by Gasteiger charge is 2.27. The van der Waals surface area contributed by atoms with E-state index in [1.54, 1.807) is 47.4 Å². The molecule has 0 unspecified atom stereocenters. The number of carbonyl (C=O) groups excluding carboxylic acids is 1. The number of benzene rings is 2. The molecule has 1 amide bonds. The number of halogens is 2. The van der Waals surface area contributed by atoms with E-state index in [4.69, 9.17) is 23.2 Å². The number of hydrogen-bond acceptors (Lipinski definition) is 3. The van der Waals surface area contributed by atoms with Crippen LogP contribution in [-0.4, -0.2) is 31.3 Å². The minimum atomic E-state index is -3.48. The Morgan fingerprint density at radius 1 is 1.13 bits per heavy atom. The van der Waals surface area contributed by atoms with Gasteiger partial charge in [0.1, 0.15) is 0 Å². The van der Waals surface area contributed by atoms with Crippen molar-refractivity contribution in [3.8, 4) is 0 Å². The van der Waals surface area contributed by atoms with E-state index in [1.165, 1.54) is 6.08 Å². The van der Waals surface area contributed by atoms with Crippen molar-refractivity contribution in [2.45, 2.75) is 50.2 Å². The van der Waals surface area contributed by atoms with Gasteiger partial charge in [0.15, 0.2) is 0 Å². The molecule has 160 valence electrons. The zero-order valence-corrected chi connectivity index (χ0v) is 19.1. The van der Waals surface area contributed by atoms with Gasteiger partial charge in [-0.1, -0.05) is 41.4 Å². The fraction of sp³-hybridized carbons (Fsp3) is 0.318. The molecule has 0 heterocycles. The maximum atomic E-state index is 12.7. The molecule has 1 aliphatic rings. The van der Waals surface area contributed by atoms with Crippen LogP contribution < -0.4 is 4.72 Å². The van der Waals surface area contributed by atoms with Crippen molar-refractivity contribution in [3.05, 3.63) is 69.7 Å². The van der Waals surface area contributed by atoms with E-state index < -0.39 is 10.0 Å². The van der Waals surface area contributed by atoms with Crippen LogP contribution in [0.1, 0.15) is 37.8 Å². The molecule has 1 saturated carbocycles. The average Bonchev–Trinajstić information content (AvgIpc) is 3.50. The van der Waals surface area contributed by atoms with Crippen LogP contribution in [0.5, 0.6) is 0 Å². The van der Waals surface area contributed by atoms with Crippen molar-refractivity contribution in [3.63, 3.8) is 0 Å². The summed E-state index contributed by atoms with van der Waals surface area (Å²) in [6.45, 7) is 4.29. The first-order valence-corrected chi connectivity index (χ1v) is 11.9. The van der Waals surface area contributed by atoms with Crippen molar-refractivity contribution in [1.82, 2.24) is 9.62 Å². The first kappa shape index (κ1) is 22.8. The van der Waals surface area contributed by atoms with Crippen molar-refractivity contribution >= 4 is 45.2 Å². The van der Waals surface area contributed by atoms with Crippen molar-refractivity contribution in [2.75, 3.05) is 0 Å². The molecule has 0 aliphatic heterocycles. The lowest BCUT2D eigenvalue weighted by Gasteiger charge is -2.25. The van der Waals surface area contributed by atoms with Gasteiger partial charge in [-0.2, -0.15) is 0 Å². The molecule has 1 fully saturated rings. The molecule has 0 bridgehead atoms. The molecular formula is C22H24Cl2N2O3S. The second-order valence-electron chi connectivity index (χ2n) is 7.61. The number of carbonyl (C=O) groups is 1. The molecule has 1 aliphatic carbocycles. The lowest BCUT2D eigenvalue weighted by atomic mass is 10.1. The largest absolute Gasteiger partial charge is 0.332 e. The van der Waals surface area contributed by atoms with Gasteiger partial charge in [0.05, 0.1) is 14.9 Å². The predicted octanol–water partition coefficient (Wildman–Crippen LogP) is 4.88. The average molecular weight is 467 g/mol. The summed E-state index contributed by atoms with van der Waals surface area (Å²) in [5, 5.41) is 0.924. The van der Waals surface area contributed by atoms with Crippen LogP contribution in [0.3, 0.4) is 0 Å². The Morgan fingerprint density at radius 3 is 2.37 bits per heavy atom. The van der Waals surface area contributed by atoms with Gasteiger partial charge in [-0.25, -0.2) is 13.1 Å². The van der Waals surface area contributed by atoms with Gasteiger partial charge in [0, 0.05) is 24.7 Å². The molecule has 2 aromatic rings. The van der Waals surface area contributed by atoms with Crippen molar-refractivity contribution in [1.29, 1.82) is 0 Å². The Labute approximate surface area is 187 Å². The molecule has 30 heavy (non-hydrogen) atoms. The topological polar surface area (TPSA) is 66.5 Å². The summed E-state index contributed by atoms with van der Waals surface area (Å²) in [6.07, 6.45) is 4.94. The van der Waals surface area contributed by atoms with Crippen molar-refractivity contribution in [2.24, 2.45) is 0 Å². The van der Waals surface area contributed by atoms with Gasteiger partial charge in [0.25, 0.3) is 0 Å². The van der Waals surface area contributed by atoms with Crippen LogP contribution in [0.2, 0.25) is 10.0 Å². The Bertz CT molecular complexity index is 1050. The van der Waals surface area contributed by atoms with E-state index in [0.717, 1.165) is 24.0 Å². The second-order valence-corrected chi connectivity index (χ2v) is 10.1. The molecule has 1 N–H and O–H groups in total. The third-order valence-electron chi connectivity index (χ3n) is 4.75. The minimum absolute atomic E-state index is 0.0161. The molecule has 0 saturated heterocycles. The summed E-state index contributed by atoms with van der Waals surface area (Å²) in [7, 11) is -3.48. The van der Waals surface area contributed by atoms with E-state index in [-0.39, 0.29) is 22.9 Å². The third kappa shape index (κ3) is 6.08. The van der Waals surface area contributed by atoms with E-state index in [2.05, 4.69) is 4.72 Å². The fourth-order valence-corrected chi connectivity index (χ4v) is 4.49. The summed E-state index contributed by atoms with van der Waals surface area (Å²) >= 11 is 12.0. The number of nitrogens with zero attached hydrogens (tertiary/aromatic N) is 1. The quantitative estimate of drug-likeness (QED) is 0.563. The van der Waals surface area contributed by atoms with E-state index >= 15 is 0 Å². The van der Waals surface area contributed by atoms with E-state index in [0.29, 0.717) is 16.6 Å². The summed E-state index contributed by atoms with van der Waals surface area (Å²) in [5.41, 5.74) is 1.63. The highest BCUT2D eigenvalue weighted by Crippen LogP contribution is 2.24. The van der Waals surface area contributed by atoms with Crippen LogP contribution in [-0.2, 0) is 21.4 Å². The predicted molar refractivity (Wildman–Crippen MR) is 121 cm³/mol. The first-order valence-electron chi connectivity index (χ1n) is 9.71. The Kier molecular flexibility index (Phi) is 7.24. The lowest BCUT2D eigenvalue weighted by Crippen LogP contribution is -2.35. The number of rotatable bonds is 8. The van der Waals surface area contributed by atoms with E-state index in [1.807, 2.05) is 19.9 Å². The number of amides is 1. The van der Waals surface area contributed by atoms with Gasteiger partial charge in [0.2, 0.25) is 15.9 Å². The normalized spacial score (nSPS) is 14.4. The number of nitrogens with one attached hydrogen (secondary N) is 1. The number of hydrogen-bond donors (Lipinski definition) is 1. The molecule has 0 spiro atoms. The molecule has 5 nitrogen and oxygen atoms in total. The number of sulfonamides is 1. The zero-order chi connectivity index (χ0) is 21.9. The fourth-order valence-electron chi connectivity index (χ4n) is 2.86. The summed E-state index contributed by atoms with van der Waals surface area (Å²) in [5.74, 6) is -0.150. The highest BCUT2D eigenvalue weighted by molar-refractivity contribution is 7.89. The van der Waals surface area contributed by atoms with Gasteiger partial charge in [-0.3, -0.25) is 4.79 Å². The third-order valence-corrected chi connectivity index (χ3v) is 7.03. The summed E-state index contributed by atoms with van der Waals surface area (Å²) in [6, 6.07) is 11.8. The maximum Gasteiger partial charge on any atom is 0.247 e. The van der Waals surface area contributed by atoms with Crippen LogP contribution >= 0.6 is 23.2 Å². The SMILES string of the molecule is CC(C)N(Cc1ccc(Cl)c(Cl)c1)C(=O)C=Cc1ccc(S(=O)(=O)NC2CC2)cc1. The van der Waals surface area contributed by atoms with Crippen LogP contribution in [0.25, 0.3) is 6.08 Å². The lowest BCUT2D eigenvalue weighted by molar-refractivity contribution is -0.128. The molecule has 2 aromatic carbocycles. The Balaban J connectivity index is 1.68. The van der Waals surface area contributed by atoms with Gasteiger partial charge < -0.3 is 4.90 Å². The van der Waals surface area contributed by atoms with Gasteiger partial charge >= 0.3 is 0 Å². The molecule has 0 radical (unpaired) electrons. The zero-order valence-electron chi connectivity index (χ0n) is 16.8. The van der Waals surface area contributed by atoms with Crippen LogP contribution in [0.4, 0.5) is 0 Å².